The van der Waals surface area contributed by atoms with E-state index in [1.54, 1.807) is 13.0 Å². The lowest BCUT2D eigenvalue weighted by molar-refractivity contribution is -0.122. The number of hydrogen-bond donors (Lipinski definition) is 3. The number of benzene rings is 2. The average molecular weight is 457 g/mol. The van der Waals surface area contributed by atoms with Gasteiger partial charge in [0.15, 0.2) is 0 Å². The van der Waals surface area contributed by atoms with Gasteiger partial charge in [-0.1, -0.05) is 18.2 Å². The number of carbonyl (C=O) groups excluding carboxylic acids is 2. The molecule has 2 aromatic rings. The summed E-state index contributed by atoms with van der Waals surface area (Å²) < 4.78 is 27.8. The number of anilines is 2. The van der Waals surface area contributed by atoms with Crippen molar-refractivity contribution in [1.82, 2.24) is 4.72 Å². The molecule has 1 aliphatic carbocycles. The summed E-state index contributed by atoms with van der Waals surface area (Å²) in [5, 5.41) is 2.94. The van der Waals surface area contributed by atoms with Crippen molar-refractivity contribution in [2.45, 2.75) is 43.5 Å². The summed E-state index contributed by atoms with van der Waals surface area (Å²) >= 11 is 0. The minimum Gasteiger partial charge on any atom is -0.370 e. The van der Waals surface area contributed by atoms with E-state index in [1.807, 2.05) is 24.3 Å². The van der Waals surface area contributed by atoms with Gasteiger partial charge in [-0.05, 0) is 62.4 Å². The summed E-state index contributed by atoms with van der Waals surface area (Å²) in [7, 11) is -3.66. The van der Waals surface area contributed by atoms with Gasteiger partial charge in [-0.25, -0.2) is 13.1 Å². The smallest absolute Gasteiger partial charge is 0.256 e. The molecule has 1 heterocycles. The van der Waals surface area contributed by atoms with E-state index in [9.17, 15) is 18.0 Å². The normalized spacial score (nSPS) is 17.2. The Morgan fingerprint density at radius 2 is 1.72 bits per heavy atom. The van der Waals surface area contributed by atoms with E-state index in [0.717, 1.165) is 18.5 Å². The van der Waals surface area contributed by atoms with Crippen LogP contribution in [0.1, 0.15) is 41.6 Å². The van der Waals surface area contributed by atoms with Gasteiger partial charge < -0.3 is 16.0 Å². The molecule has 0 unspecified atom stereocenters. The maximum atomic E-state index is 13.1. The summed E-state index contributed by atoms with van der Waals surface area (Å²) in [5.41, 5.74) is 7.93. The maximum Gasteiger partial charge on any atom is 0.256 e. The maximum absolute atomic E-state index is 13.1. The Balaban J connectivity index is 1.54. The second kappa shape index (κ2) is 8.91. The number of para-hydroxylation sites is 2. The third kappa shape index (κ3) is 4.94. The Bertz CT molecular complexity index is 1140. The van der Waals surface area contributed by atoms with E-state index in [4.69, 9.17) is 5.73 Å². The molecule has 1 aliphatic heterocycles. The highest BCUT2D eigenvalue weighted by atomic mass is 32.2. The Hall–Kier alpha value is -2.91. The number of nitrogens with one attached hydrogen (secondary N) is 2. The number of piperidine rings is 1. The zero-order valence-corrected chi connectivity index (χ0v) is 18.8. The van der Waals surface area contributed by atoms with Crippen molar-refractivity contribution in [1.29, 1.82) is 0 Å². The van der Waals surface area contributed by atoms with Crippen LogP contribution in [0.5, 0.6) is 0 Å². The number of nitrogens with zero attached hydrogens (tertiary/aromatic N) is 1. The quantitative estimate of drug-likeness (QED) is 0.591. The molecule has 4 N–H and O–H groups in total. The number of amides is 2. The predicted molar refractivity (Wildman–Crippen MR) is 123 cm³/mol. The number of primary amides is 1. The molecule has 1 saturated carbocycles. The molecule has 0 atom stereocenters. The van der Waals surface area contributed by atoms with Crippen molar-refractivity contribution < 1.29 is 18.0 Å². The first kappa shape index (κ1) is 22.3. The number of sulfonamides is 1. The number of nitrogens with two attached hydrogens (primary N) is 1. The zero-order valence-electron chi connectivity index (χ0n) is 18.0. The lowest BCUT2D eigenvalue weighted by Crippen LogP contribution is -2.38. The second-order valence-electron chi connectivity index (χ2n) is 8.51. The third-order valence-corrected chi connectivity index (χ3v) is 7.57. The fraction of sp³-hybridized carbons (Fsp3) is 0.391. The van der Waals surface area contributed by atoms with Crippen molar-refractivity contribution >= 4 is 33.2 Å². The van der Waals surface area contributed by atoms with Crippen LogP contribution in [0.25, 0.3) is 0 Å². The van der Waals surface area contributed by atoms with E-state index in [-0.39, 0.29) is 28.7 Å². The molecule has 2 fully saturated rings. The van der Waals surface area contributed by atoms with Gasteiger partial charge in [-0.15, -0.1) is 0 Å². The molecule has 32 heavy (non-hydrogen) atoms. The van der Waals surface area contributed by atoms with E-state index in [1.165, 1.54) is 12.1 Å². The molecule has 0 bridgehead atoms. The standard InChI is InChI=1S/C23H28N4O4S/c1-15-6-9-18(32(30,31)26-17-7-8-17)14-19(15)23(29)25-20-4-2-3-5-21(20)27-12-10-16(11-13-27)22(24)28/h2-6,9,14,16-17,26H,7-8,10-13H2,1H3,(H2,24,28)(H,25,29). The fourth-order valence-corrected chi connectivity index (χ4v) is 5.28. The lowest BCUT2D eigenvalue weighted by Gasteiger charge is -2.33. The molecular formula is C23H28N4O4S. The SMILES string of the molecule is Cc1ccc(S(=O)(=O)NC2CC2)cc1C(=O)Nc1ccccc1N1CCC(C(N)=O)CC1. The van der Waals surface area contributed by atoms with Crippen LogP contribution >= 0.6 is 0 Å². The summed E-state index contributed by atoms with van der Waals surface area (Å²) in [4.78, 5) is 26.8. The van der Waals surface area contributed by atoms with E-state index < -0.39 is 10.0 Å². The highest BCUT2D eigenvalue weighted by Crippen LogP contribution is 2.30. The molecule has 2 amide bonds. The van der Waals surface area contributed by atoms with Crippen LogP contribution in [0, 0.1) is 12.8 Å². The van der Waals surface area contributed by atoms with E-state index in [2.05, 4.69) is 14.9 Å². The molecule has 0 aromatic heterocycles. The van der Waals surface area contributed by atoms with Gasteiger partial charge >= 0.3 is 0 Å². The topological polar surface area (TPSA) is 122 Å². The zero-order chi connectivity index (χ0) is 22.9. The largest absolute Gasteiger partial charge is 0.370 e. The Morgan fingerprint density at radius 3 is 2.38 bits per heavy atom. The third-order valence-electron chi connectivity index (χ3n) is 6.05. The molecule has 8 nitrogen and oxygen atoms in total. The van der Waals surface area contributed by atoms with Crippen LogP contribution in [0.15, 0.2) is 47.4 Å². The van der Waals surface area contributed by atoms with Gasteiger partial charge in [0.05, 0.1) is 16.3 Å². The van der Waals surface area contributed by atoms with Crippen LogP contribution in [0.2, 0.25) is 0 Å². The van der Waals surface area contributed by atoms with Crippen LogP contribution in [0.4, 0.5) is 11.4 Å². The first-order valence-corrected chi connectivity index (χ1v) is 12.3. The minimum atomic E-state index is -3.66. The molecule has 0 radical (unpaired) electrons. The summed E-state index contributed by atoms with van der Waals surface area (Å²) in [5.74, 6) is -0.761. The first-order valence-electron chi connectivity index (χ1n) is 10.8. The predicted octanol–water partition coefficient (Wildman–Crippen LogP) is 2.39. The van der Waals surface area contributed by atoms with Crippen LogP contribution in [-0.4, -0.2) is 39.4 Å². The van der Waals surface area contributed by atoms with Crippen LogP contribution < -0.4 is 20.7 Å². The van der Waals surface area contributed by atoms with Gasteiger partial charge in [-0.3, -0.25) is 9.59 Å². The summed E-state index contributed by atoms with van der Waals surface area (Å²) in [6.07, 6.45) is 3.02. The molecule has 2 aromatic carbocycles. The summed E-state index contributed by atoms with van der Waals surface area (Å²) in [6.45, 7) is 3.11. The van der Waals surface area contributed by atoms with Crippen molar-refractivity contribution in [3.8, 4) is 0 Å². The second-order valence-corrected chi connectivity index (χ2v) is 10.2. The molecule has 2 aliphatic rings. The van der Waals surface area contributed by atoms with Crippen LogP contribution in [0.3, 0.4) is 0 Å². The van der Waals surface area contributed by atoms with Gasteiger partial charge in [0.25, 0.3) is 5.91 Å². The first-order chi connectivity index (χ1) is 15.2. The van der Waals surface area contributed by atoms with E-state index in [0.29, 0.717) is 42.7 Å². The van der Waals surface area contributed by atoms with Crippen molar-refractivity contribution in [3.05, 3.63) is 53.6 Å². The van der Waals surface area contributed by atoms with Gasteiger partial charge in [0.1, 0.15) is 0 Å². The number of rotatable bonds is 7. The van der Waals surface area contributed by atoms with Crippen LogP contribution in [-0.2, 0) is 14.8 Å². The van der Waals surface area contributed by atoms with Crippen molar-refractivity contribution in [2.75, 3.05) is 23.3 Å². The van der Waals surface area contributed by atoms with E-state index >= 15 is 0 Å². The number of hydrogen-bond acceptors (Lipinski definition) is 5. The molecule has 0 spiro atoms. The monoisotopic (exact) mass is 456 g/mol. The minimum absolute atomic E-state index is 0.0100. The Labute approximate surface area is 188 Å². The van der Waals surface area contributed by atoms with Gasteiger partial charge in [0, 0.05) is 30.6 Å². The number of aryl methyl sites for hydroxylation is 1. The highest BCUT2D eigenvalue weighted by Gasteiger charge is 2.29. The lowest BCUT2D eigenvalue weighted by atomic mass is 9.96. The Kier molecular flexibility index (Phi) is 6.21. The fourth-order valence-electron chi connectivity index (χ4n) is 3.95. The number of carbonyl (C=O) groups is 2. The Morgan fingerprint density at radius 1 is 1.03 bits per heavy atom. The summed E-state index contributed by atoms with van der Waals surface area (Å²) in [6, 6.07) is 12.1. The average Bonchev–Trinajstić information content (AvgIpc) is 3.57. The van der Waals surface area contributed by atoms with Gasteiger partial charge in [0.2, 0.25) is 15.9 Å². The van der Waals surface area contributed by atoms with Crippen molar-refractivity contribution in [3.63, 3.8) is 0 Å². The highest BCUT2D eigenvalue weighted by molar-refractivity contribution is 7.89. The van der Waals surface area contributed by atoms with Crippen molar-refractivity contribution in [2.24, 2.45) is 11.7 Å². The molecule has 9 heteroatoms. The molecule has 170 valence electrons. The molecular weight excluding hydrogens is 428 g/mol. The molecule has 4 rings (SSSR count). The van der Waals surface area contributed by atoms with Gasteiger partial charge in [-0.2, -0.15) is 0 Å². The molecule has 1 saturated heterocycles.